The Balaban J connectivity index is 3.30. The van der Waals surface area contributed by atoms with Crippen molar-refractivity contribution >= 4 is 12.4 Å². The molecule has 0 saturated carbocycles. The number of phenolic OH excluding ortho intramolecular Hbond substituents is 3. The molecular formula is C15H21NO6. The third kappa shape index (κ3) is 3.24. The summed E-state index contributed by atoms with van der Waals surface area (Å²) in [6.07, 6.45) is -0.322. The fourth-order valence-corrected chi connectivity index (χ4v) is 1.82. The van der Waals surface area contributed by atoms with Crippen LogP contribution < -0.4 is 0 Å². The monoisotopic (exact) mass is 311 g/mol. The molecule has 0 bridgehead atoms. The number of hydrogen-bond acceptors (Lipinski definition) is 6. The normalized spacial score (nSPS) is 14.0. The van der Waals surface area contributed by atoms with Crippen LogP contribution in [0.3, 0.4) is 0 Å². The highest BCUT2D eigenvalue weighted by molar-refractivity contribution is 5.79. The number of ether oxygens (including phenoxy) is 1. The highest BCUT2D eigenvalue weighted by Gasteiger charge is 2.39. The van der Waals surface area contributed by atoms with Crippen molar-refractivity contribution in [2.24, 2.45) is 0 Å². The third-order valence-corrected chi connectivity index (χ3v) is 3.27. The zero-order valence-electron chi connectivity index (χ0n) is 13.2. The SMILES string of the molecule is CN(C(=O)OC(C)(C)C)C(C)(C=O)c1ccc(O)c(O)c1O. The molecule has 0 aliphatic carbocycles. The lowest BCUT2D eigenvalue weighted by molar-refractivity contribution is -0.117. The number of benzene rings is 1. The van der Waals surface area contributed by atoms with Crippen LogP contribution in [0.5, 0.6) is 17.2 Å². The van der Waals surface area contributed by atoms with E-state index in [1.807, 2.05) is 0 Å². The van der Waals surface area contributed by atoms with Crippen LogP contribution in [0.15, 0.2) is 12.1 Å². The van der Waals surface area contributed by atoms with E-state index < -0.39 is 34.5 Å². The molecule has 3 N–H and O–H groups in total. The summed E-state index contributed by atoms with van der Waals surface area (Å²) in [5.74, 6) is -1.97. The predicted octanol–water partition coefficient (Wildman–Crippen LogP) is 2.08. The van der Waals surface area contributed by atoms with Crippen molar-refractivity contribution in [1.82, 2.24) is 4.90 Å². The summed E-state index contributed by atoms with van der Waals surface area (Å²) in [7, 11) is 1.34. The summed E-state index contributed by atoms with van der Waals surface area (Å²) in [5, 5.41) is 28.9. The molecule has 7 nitrogen and oxygen atoms in total. The summed E-state index contributed by atoms with van der Waals surface area (Å²) < 4.78 is 5.20. The number of hydrogen-bond donors (Lipinski definition) is 3. The average molecular weight is 311 g/mol. The first-order chi connectivity index (χ1) is 9.94. The fraction of sp³-hybridized carbons (Fsp3) is 0.467. The minimum absolute atomic E-state index is 0.0360. The van der Waals surface area contributed by atoms with E-state index in [4.69, 9.17) is 4.74 Å². The second-order valence-corrected chi connectivity index (χ2v) is 6.13. The quantitative estimate of drug-likeness (QED) is 0.583. The second-order valence-electron chi connectivity index (χ2n) is 6.13. The number of rotatable bonds is 3. The van der Waals surface area contributed by atoms with Crippen LogP contribution in [0.4, 0.5) is 4.79 Å². The molecule has 0 aromatic heterocycles. The van der Waals surface area contributed by atoms with Crippen molar-refractivity contribution in [2.45, 2.75) is 38.8 Å². The summed E-state index contributed by atoms with van der Waals surface area (Å²) in [6.45, 7) is 6.43. The topological polar surface area (TPSA) is 107 Å². The van der Waals surface area contributed by atoms with E-state index in [0.717, 1.165) is 11.0 Å². The molecule has 122 valence electrons. The maximum absolute atomic E-state index is 12.2. The van der Waals surface area contributed by atoms with Gasteiger partial charge in [0.1, 0.15) is 17.4 Å². The molecule has 0 spiro atoms. The molecule has 0 fully saturated rings. The molecule has 0 aliphatic heterocycles. The molecule has 22 heavy (non-hydrogen) atoms. The summed E-state index contributed by atoms with van der Waals surface area (Å²) in [4.78, 5) is 24.7. The average Bonchev–Trinajstić information content (AvgIpc) is 2.41. The first-order valence-electron chi connectivity index (χ1n) is 6.61. The smallest absolute Gasteiger partial charge is 0.411 e. The van der Waals surface area contributed by atoms with Crippen LogP contribution in [0.2, 0.25) is 0 Å². The molecule has 1 amide bonds. The molecule has 1 rings (SSSR count). The van der Waals surface area contributed by atoms with Gasteiger partial charge in [-0.1, -0.05) is 0 Å². The number of phenols is 3. The lowest BCUT2D eigenvalue weighted by Crippen LogP contribution is -2.48. The largest absolute Gasteiger partial charge is 0.504 e. The molecule has 1 aromatic rings. The van der Waals surface area contributed by atoms with E-state index in [-0.39, 0.29) is 5.56 Å². The van der Waals surface area contributed by atoms with Crippen molar-refractivity contribution < 1.29 is 29.6 Å². The van der Waals surface area contributed by atoms with E-state index in [0.29, 0.717) is 6.29 Å². The first kappa shape index (κ1) is 17.6. The van der Waals surface area contributed by atoms with Crippen LogP contribution in [0, 0.1) is 0 Å². The molecule has 0 heterocycles. The first-order valence-corrected chi connectivity index (χ1v) is 6.61. The van der Waals surface area contributed by atoms with Gasteiger partial charge in [-0.25, -0.2) is 4.79 Å². The molecule has 1 atom stereocenters. The molecule has 1 aromatic carbocycles. The Morgan fingerprint density at radius 2 is 1.68 bits per heavy atom. The van der Waals surface area contributed by atoms with Gasteiger partial charge in [-0.05, 0) is 39.8 Å². The zero-order chi connectivity index (χ0) is 17.3. The molecule has 0 aliphatic rings. The Labute approximate surface area is 128 Å². The number of likely N-dealkylation sites (N-methyl/N-ethyl adjacent to an activating group) is 1. The second kappa shape index (κ2) is 5.75. The summed E-state index contributed by atoms with van der Waals surface area (Å²) in [6, 6.07) is 2.37. The van der Waals surface area contributed by atoms with Gasteiger partial charge in [0.25, 0.3) is 0 Å². The highest BCUT2D eigenvalue weighted by Crippen LogP contribution is 2.42. The van der Waals surface area contributed by atoms with Crippen molar-refractivity contribution in [3.05, 3.63) is 17.7 Å². The van der Waals surface area contributed by atoms with Crippen LogP contribution in [0.25, 0.3) is 0 Å². The van der Waals surface area contributed by atoms with E-state index >= 15 is 0 Å². The lowest BCUT2D eigenvalue weighted by Gasteiger charge is -2.36. The molecule has 7 heteroatoms. The van der Waals surface area contributed by atoms with Crippen molar-refractivity contribution in [3.63, 3.8) is 0 Å². The van der Waals surface area contributed by atoms with Gasteiger partial charge in [0, 0.05) is 12.6 Å². The van der Waals surface area contributed by atoms with Crippen LogP contribution >= 0.6 is 0 Å². The number of carbonyl (C=O) groups is 2. The standard InChI is InChI=1S/C15H21NO6/c1-14(2,3)22-13(21)16(5)15(4,8-17)9-6-7-10(18)12(20)11(9)19/h6-8,18-20H,1-5H3. The van der Waals surface area contributed by atoms with Gasteiger partial charge in [-0.3, -0.25) is 4.90 Å². The highest BCUT2D eigenvalue weighted by atomic mass is 16.6. The summed E-state index contributed by atoms with van der Waals surface area (Å²) >= 11 is 0. The van der Waals surface area contributed by atoms with Crippen molar-refractivity contribution in [3.8, 4) is 17.2 Å². The Bertz CT molecular complexity index is 592. The Hall–Kier alpha value is -2.44. The van der Waals surface area contributed by atoms with E-state index in [1.165, 1.54) is 20.0 Å². The third-order valence-electron chi connectivity index (χ3n) is 3.27. The van der Waals surface area contributed by atoms with Gasteiger partial charge in [0.15, 0.2) is 11.5 Å². The van der Waals surface area contributed by atoms with E-state index in [1.54, 1.807) is 20.8 Å². The number of aldehydes is 1. The number of nitrogens with zero attached hydrogens (tertiary/aromatic N) is 1. The van der Waals surface area contributed by atoms with Gasteiger partial charge in [-0.15, -0.1) is 0 Å². The molecular weight excluding hydrogens is 290 g/mol. The van der Waals surface area contributed by atoms with E-state index in [2.05, 4.69) is 0 Å². The van der Waals surface area contributed by atoms with E-state index in [9.17, 15) is 24.9 Å². The van der Waals surface area contributed by atoms with Crippen LogP contribution in [-0.2, 0) is 15.1 Å². The van der Waals surface area contributed by atoms with Crippen molar-refractivity contribution in [1.29, 1.82) is 0 Å². The summed E-state index contributed by atoms with van der Waals surface area (Å²) in [5.41, 5.74) is -2.38. The van der Waals surface area contributed by atoms with Gasteiger partial charge < -0.3 is 24.9 Å². The lowest BCUT2D eigenvalue weighted by atomic mass is 9.91. The van der Waals surface area contributed by atoms with Gasteiger partial charge >= 0.3 is 6.09 Å². The zero-order valence-corrected chi connectivity index (χ0v) is 13.2. The van der Waals surface area contributed by atoms with Gasteiger partial charge in [0.05, 0.1) is 0 Å². The Kier molecular flexibility index (Phi) is 4.60. The minimum Gasteiger partial charge on any atom is -0.504 e. The number of carbonyl (C=O) groups excluding carboxylic acids is 2. The molecule has 0 radical (unpaired) electrons. The Morgan fingerprint density at radius 1 is 1.14 bits per heavy atom. The minimum atomic E-state index is -1.59. The van der Waals surface area contributed by atoms with Crippen LogP contribution in [-0.4, -0.2) is 45.2 Å². The number of aromatic hydroxyl groups is 3. The predicted molar refractivity (Wildman–Crippen MR) is 78.8 cm³/mol. The van der Waals surface area contributed by atoms with Crippen molar-refractivity contribution in [2.75, 3.05) is 7.05 Å². The van der Waals surface area contributed by atoms with Crippen LogP contribution in [0.1, 0.15) is 33.3 Å². The molecule has 0 saturated heterocycles. The number of amides is 1. The van der Waals surface area contributed by atoms with Gasteiger partial charge in [-0.2, -0.15) is 0 Å². The maximum Gasteiger partial charge on any atom is 0.411 e. The maximum atomic E-state index is 12.2. The van der Waals surface area contributed by atoms with Gasteiger partial charge in [0.2, 0.25) is 5.75 Å². The molecule has 1 unspecified atom stereocenters. The Morgan fingerprint density at radius 3 is 2.14 bits per heavy atom. The fourth-order valence-electron chi connectivity index (χ4n) is 1.82.